The average molecular weight is 320 g/mol. The van der Waals surface area contributed by atoms with Gasteiger partial charge < -0.3 is 10.0 Å². The molecule has 7 heteroatoms. The number of nitrogens with zero attached hydrogens (tertiary/aromatic N) is 1. The number of carbonyl (C=O) groups is 1. The third-order valence-corrected chi connectivity index (χ3v) is 3.18. The molecule has 3 nitrogen and oxygen atoms in total. The van der Waals surface area contributed by atoms with E-state index in [-0.39, 0.29) is 16.5 Å². The van der Waals surface area contributed by atoms with Crippen LogP contribution in [0.25, 0.3) is 0 Å². The number of carbonyl (C=O) groups excluding carboxylic acids is 1. The summed E-state index contributed by atoms with van der Waals surface area (Å²) in [5.41, 5.74) is -1.38. The lowest BCUT2D eigenvalue weighted by atomic mass is 10.1. The van der Waals surface area contributed by atoms with Gasteiger partial charge in [0.2, 0.25) is 0 Å². The van der Waals surface area contributed by atoms with Crippen LogP contribution in [0.15, 0.2) is 42.0 Å². The van der Waals surface area contributed by atoms with E-state index in [1.165, 1.54) is 25.2 Å². The lowest BCUT2D eigenvalue weighted by molar-refractivity contribution is -0.116. The quantitative estimate of drug-likeness (QED) is 0.674. The Balaban J connectivity index is 3.20. The number of hydrogen-bond donors (Lipinski definition) is 1. The number of allylic oxidation sites excluding steroid dienone is 2. The molecule has 0 unspecified atom stereocenters. The maximum Gasteiger partial charge on any atom is 0.416 e. The van der Waals surface area contributed by atoms with Crippen LogP contribution in [0.1, 0.15) is 6.92 Å². The van der Waals surface area contributed by atoms with Crippen LogP contribution in [0.5, 0.6) is 5.75 Å². The molecule has 1 amide bonds. The van der Waals surface area contributed by atoms with Crippen molar-refractivity contribution in [2.75, 3.05) is 11.9 Å². The van der Waals surface area contributed by atoms with Crippen molar-refractivity contribution in [3.05, 3.63) is 47.0 Å². The summed E-state index contributed by atoms with van der Waals surface area (Å²) in [6.45, 7) is 4.15. The first-order valence-electron chi connectivity index (χ1n) is 5.76. The van der Waals surface area contributed by atoms with Crippen LogP contribution in [-0.2, 0) is 4.79 Å². The van der Waals surface area contributed by atoms with Crippen LogP contribution < -0.4 is 4.90 Å². The smallest absolute Gasteiger partial charge is 0.416 e. The molecule has 1 aromatic rings. The molecule has 0 aliphatic carbocycles. The summed E-state index contributed by atoms with van der Waals surface area (Å²) in [4.78, 5) is 13.1. The predicted octanol–water partition coefficient (Wildman–Crippen LogP) is 4.07. The van der Waals surface area contributed by atoms with Gasteiger partial charge in [0.05, 0.1) is 10.6 Å². The lowest BCUT2D eigenvalue weighted by Crippen LogP contribution is -2.29. The molecule has 114 valence electrons. The maximum absolute atomic E-state index is 12.8. The van der Waals surface area contributed by atoms with E-state index in [0.717, 1.165) is 11.8 Å². The molecule has 1 aromatic carbocycles. The van der Waals surface area contributed by atoms with Gasteiger partial charge in [-0.15, -0.1) is 0 Å². The number of halogens is 4. The fourth-order valence-corrected chi connectivity index (χ4v) is 1.79. The van der Waals surface area contributed by atoms with Gasteiger partial charge in [-0.25, -0.2) is 0 Å². The molecule has 0 bridgehead atoms. The molecule has 0 aromatic heterocycles. The number of alkyl halides is 3. The fourth-order valence-electron chi connectivity index (χ4n) is 1.68. The molecule has 0 aliphatic rings. The minimum absolute atomic E-state index is 0.0777. The number of phenols is 1. The number of aromatic hydroxyl groups is 1. The summed E-state index contributed by atoms with van der Waals surface area (Å²) >= 11 is 5.64. The third-order valence-electron chi connectivity index (χ3n) is 2.86. The minimum atomic E-state index is -4.66. The van der Waals surface area contributed by atoms with Crippen LogP contribution >= 0.6 is 11.6 Å². The highest BCUT2D eigenvalue weighted by molar-refractivity contribution is 6.32. The van der Waals surface area contributed by atoms with Gasteiger partial charge in [0.25, 0.3) is 5.91 Å². The van der Waals surface area contributed by atoms with E-state index >= 15 is 0 Å². The third kappa shape index (κ3) is 3.78. The van der Waals surface area contributed by atoms with Crippen LogP contribution in [0.3, 0.4) is 0 Å². The van der Waals surface area contributed by atoms with Crippen molar-refractivity contribution < 1.29 is 23.1 Å². The van der Waals surface area contributed by atoms with E-state index in [2.05, 4.69) is 6.58 Å². The molecule has 0 aliphatic heterocycles. The van der Waals surface area contributed by atoms with E-state index in [4.69, 9.17) is 11.6 Å². The zero-order valence-corrected chi connectivity index (χ0v) is 12.1. The fraction of sp³-hybridized carbons (Fsp3) is 0.214. The summed E-state index contributed by atoms with van der Waals surface area (Å²) in [7, 11) is 1.30. The first kappa shape index (κ1) is 17.1. The van der Waals surface area contributed by atoms with Crippen LogP contribution in [-0.4, -0.2) is 24.2 Å². The molecule has 0 saturated carbocycles. The van der Waals surface area contributed by atoms with Crippen LogP contribution in [0.2, 0.25) is 5.02 Å². The van der Waals surface area contributed by atoms with Gasteiger partial charge in [0.1, 0.15) is 5.75 Å². The Labute approximate surface area is 124 Å². The van der Waals surface area contributed by atoms with Crippen molar-refractivity contribution >= 4 is 23.2 Å². The van der Waals surface area contributed by atoms with Crippen LogP contribution in [0, 0.1) is 0 Å². The SMILES string of the molecule is C=C/C(=C(/C)C(=O)N(C)c1ccc(Cl)c(O)c1)C(F)(F)F. The zero-order valence-electron chi connectivity index (χ0n) is 11.3. The molecule has 21 heavy (non-hydrogen) atoms. The van der Waals surface area contributed by atoms with E-state index in [0.29, 0.717) is 6.08 Å². The Morgan fingerprint density at radius 2 is 2.00 bits per heavy atom. The number of phenolic OH excluding ortho intramolecular Hbond substituents is 1. The number of amides is 1. The Bertz CT molecular complexity index is 609. The highest BCUT2D eigenvalue weighted by Crippen LogP contribution is 2.31. The van der Waals surface area contributed by atoms with Gasteiger partial charge in [-0.05, 0) is 19.1 Å². The van der Waals surface area contributed by atoms with E-state index < -0.39 is 23.2 Å². The first-order chi connectivity index (χ1) is 9.59. The molecule has 0 saturated heterocycles. The van der Waals surface area contributed by atoms with Gasteiger partial charge in [-0.3, -0.25) is 4.79 Å². The largest absolute Gasteiger partial charge is 0.506 e. The van der Waals surface area contributed by atoms with Crippen LogP contribution in [0.4, 0.5) is 18.9 Å². The molecular formula is C14H13ClF3NO2. The molecular weight excluding hydrogens is 307 g/mol. The summed E-state index contributed by atoms with van der Waals surface area (Å²) < 4.78 is 38.3. The zero-order chi connectivity index (χ0) is 16.4. The topological polar surface area (TPSA) is 40.5 Å². The van der Waals surface area contributed by atoms with Gasteiger partial charge in [0.15, 0.2) is 0 Å². The normalized spacial score (nSPS) is 12.7. The van der Waals surface area contributed by atoms with Gasteiger partial charge >= 0.3 is 6.18 Å². The lowest BCUT2D eigenvalue weighted by Gasteiger charge is -2.20. The van der Waals surface area contributed by atoms with E-state index in [1.807, 2.05) is 0 Å². The number of benzene rings is 1. The second-order valence-corrected chi connectivity index (χ2v) is 4.65. The highest BCUT2D eigenvalue weighted by Gasteiger charge is 2.35. The minimum Gasteiger partial charge on any atom is -0.506 e. The Hall–Kier alpha value is -1.95. The van der Waals surface area contributed by atoms with Gasteiger partial charge in [0, 0.05) is 24.4 Å². The average Bonchev–Trinajstić information content (AvgIpc) is 2.39. The Morgan fingerprint density at radius 1 is 1.43 bits per heavy atom. The van der Waals surface area contributed by atoms with Gasteiger partial charge in [-0.1, -0.05) is 24.3 Å². The van der Waals surface area contributed by atoms with Crippen molar-refractivity contribution in [3.63, 3.8) is 0 Å². The molecule has 0 radical (unpaired) electrons. The number of likely N-dealkylation sites (N-methyl/N-ethyl adjacent to an activating group) is 1. The standard InChI is InChI=1S/C14H13ClF3NO2/c1-4-10(14(16,17)18)8(2)13(21)19(3)9-5-6-11(15)12(20)7-9/h4-7,20H,1H2,2-3H3/b10-8+. The van der Waals surface area contributed by atoms with Crippen molar-refractivity contribution in [3.8, 4) is 5.75 Å². The number of anilines is 1. The Morgan fingerprint density at radius 3 is 2.43 bits per heavy atom. The molecule has 0 atom stereocenters. The first-order valence-corrected chi connectivity index (χ1v) is 6.14. The van der Waals surface area contributed by atoms with Crippen molar-refractivity contribution in [2.45, 2.75) is 13.1 Å². The van der Waals surface area contributed by atoms with E-state index in [9.17, 15) is 23.1 Å². The molecule has 0 spiro atoms. The van der Waals surface area contributed by atoms with Gasteiger partial charge in [-0.2, -0.15) is 13.2 Å². The number of rotatable bonds is 3. The summed E-state index contributed by atoms with van der Waals surface area (Å²) in [6, 6.07) is 3.94. The summed E-state index contributed by atoms with van der Waals surface area (Å²) in [6.07, 6.45) is -4.06. The predicted molar refractivity (Wildman–Crippen MR) is 75.5 cm³/mol. The molecule has 0 fully saturated rings. The number of hydrogen-bond acceptors (Lipinski definition) is 2. The molecule has 1 N–H and O–H groups in total. The summed E-state index contributed by atoms with van der Waals surface area (Å²) in [5.74, 6) is -1.13. The summed E-state index contributed by atoms with van der Waals surface area (Å²) in [5, 5.41) is 9.55. The highest BCUT2D eigenvalue weighted by atomic mass is 35.5. The van der Waals surface area contributed by atoms with E-state index in [1.54, 1.807) is 0 Å². The maximum atomic E-state index is 12.8. The molecule has 1 rings (SSSR count). The second-order valence-electron chi connectivity index (χ2n) is 4.24. The monoisotopic (exact) mass is 319 g/mol. The second kappa shape index (κ2) is 6.22. The molecule has 0 heterocycles. The van der Waals surface area contributed by atoms with Crippen molar-refractivity contribution in [1.82, 2.24) is 0 Å². The Kier molecular flexibility index (Phi) is 5.06. The van der Waals surface area contributed by atoms with Crippen molar-refractivity contribution in [2.24, 2.45) is 0 Å². The van der Waals surface area contributed by atoms with Crippen molar-refractivity contribution in [1.29, 1.82) is 0 Å².